The molecule has 0 radical (unpaired) electrons. The summed E-state index contributed by atoms with van der Waals surface area (Å²) in [5.41, 5.74) is 1.04. The monoisotopic (exact) mass is 401 g/mol. The lowest BCUT2D eigenvalue weighted by atomic mass is 10.1. The van der Waals surface area contributed by atoms with E-state index in [1.54, 1.807) is 42.5 Å². The number of anilines is 1. The van der Waals surface area contributed by atoms with Crippen LogP contribution in [0.2, 0.25) is 0 Å². The maximum Gasteiger partial charge on any atom is 0.309 e. The number of esters is 1. The minimum absolute atomic E-state index is 0.0191. The topological polar surface area (TPSA) is 100 Å². The predicted octanol–water partition coefficient (Wildman–Crippen LogP) is 2.86. The van der Waals surface area contributed by atoms with Gasteiger partial charge in [0.05, 0.1) is 27.2 Å². The molecule has 2 aromatic rings. The van der Waals surface area contributed by atoms with E-state index in [4.69, 9.17) is 18.9 Å². The van der Waals surface area contributed by atoms with Gasteiger partial charge in [-0.1, -0.05) is 0 Å². The second-order valence-electron chi connectivity index (χ2n) is 5.99. The molecule has 1 N–H and O–H groups in total. The zero-order chi connectivity index (χ0) is 21.2. The summed E-state index contributed by atoms with van der Waals surface area (Å²) in [5, 5.41) is 2.61. The molecular weight excluding hydrogens is 378 g/mol. The van der Waals surface area contributed by atoms with Crippen molar-refractivity contribution in [3.63, 3.8) is 0 Å². The molecule has 0 spiro atoms. The molecule has 0 bridgehead atoms. The van der Waals surface area contributed by atoms with Crippen molar-refractivity contribution in [2.75, 3.05) is 32.8 Å². The molecule has 154 valence electrons. The molecule has 8 nitrogen and oxygen atoms in total. The number of hydrogen-bond acceptors (Lipinski definition) is 7. The Kier molecular flexibility index (Phi) is 8.02. The van der Waals surface area contributed by atoms with Gasteiger partial charge in [0.2, 0.25) is 0 Å². The van der Waals surface area contributed by atoms with Gasteiger partial charge in [0.25, 0.3) is 5.91 Å². The number of carbonyl (C=O) groups is 3. The summed E-state index contributed by atoms with van der Waals surface area (Å²) in [6.45, 7) is 1.14. The Labute approximate surface area is 168 Å². The molecule has 8 heteroatoms. The van der Waals surface area contributed by atoms with E-state index in [1.165, 1.54) is 21.1 Å². The van der Waals surface area contributed by atoms with Gasteiger partial charge >= 0.3 is 5.97 Å². The number of ether oxygens (including phenoxy) is 4. The lowest BCUT2D eigenvalue weighted by Crippen LogP contribution is -2.21. The Morgan fingerprint density at radius 1 is 0.897 bits per heavy atom. The van der Waals surface area contributed by atoms with E-state index in [9.17, 15) is 14.4 Å². The first-order valence-corrected chi connectivity index (χ1v) is 8.83. The SMILES string of the molecule is COc1cc(NC(=O)COC(=O)CCOc2ccc(C(C)=O)cc2)cc(OC)c1. The molecule has 0 aliphatic rings. The Hall–Kier alpha value is -3.55. The predicted molar refractivity (Wildman–Crippen MR) is 106 cm³/mol. The summed E-state index contributed by atoms with van der Waals surface area (Å²) in [4.78, 5) is 35.0. The van der Waals surface area contributed by atoms with Gasteiger partial charge in [0.1, 0.15) is 17.2 Å². The van der Waals surface area contributed by atoms with E-state index in [-0.39, 0.29) is 18.8 Å². The third-order valence-electron chi connectivity index (χ3n) is 3.84. The molecule has 29 heavy (non-hydrogen) atoms. The van der Waals surface area contributed by atoms with Gasteiger partial charge in [-0.15, -0.1) is 0 Å². The standard InChI is InChI=1S/C21H23NO7/c1-14(23)15-4-6-17(7-5-15)28-9-8-21(25)29-13-20(24)22-16-10-18(26-2)12-19(11-16)27-3/h4-7,10-12H,8-9,13H2,1-3H3,(H,22,24). The lowest BCUT2D eigenvalue weighted by Gasteiger charge is -2.10. The van der Waals surface area contributed by atoms with Crippen LogP contribution in [0.4, 0.5) is 5.69 Å². The van der Waals surface area contributed by atoms with Gasteiger partial charge in [-0.3, -0.25) is 14.4 Å². The third kappa shape index (κ3) is 7.17. The van der Waals surface area contributed by atoms with Gasteiger partial charge in [0, 0.05) is 29.4 Å². The molecule has 1 amide bonds. The van der Waals surface area contributed by atoms with Crippen LogP contribution in [0.1, 0.15) is 23.7 Å². The summed E-state index contributed by atoms with van der Waals surface area (Å²) in [6.07, 6.45) is -0.0191. The quantitative estimate of drug-likeness (QED) is 0.483. The van der Waals surface area contributed by atoms with Crippen molar-refractivity contribution in [1.29, 1.82) is 0 Å². The average Bonchev–Trinajstić information content (AvgIpc) is 2.72. The smallest absolute Gasteiger partial charge is 0.309 e. The fraction of sp³-hybridized carbons (Fsp3) is 0.286. The van der Waals surface area contributed by atoms with Gasteiger partial charge < -0.3 is 24.3 Å². The first-order chi connectivity index (χ1) is 13.9. The highest BCUT2D eigenvalue weighted by atomic mass is 16.5. The van der Waals surface area contributed by atoms with E-state index in [2.05, 4.69) is 5.32 Å². The molecule has 0 aromatic heterocycles. The number of rotatable bonds is 10. The van der Waals surface area contributed by atoms with Crippen molar-refractivity contribution < 1.29 is 33.3 Å². The van der Waals surface area contributed by atoms with E-state index >= 15 is 0 Å². The van der Waals surface area contributed by atoms with Crippen LogP contribution < -0.4 is 19.5 Å². The molecule has 0 atom stereocenters. The van der Waals surface area contributed by atoms with Crippen molar-refractivity contribution in [3.05, 3.63) is 48.0 Å². The number of Topliss-reactive ketones (excluding diaryl/α,β-unsaturated/α-hetero) is 1. The summed E-state index contributed by atoms with van der Waals surface area (Å²) >= 11 is 0. The molecule has 0 saturated carbocycles. The number of hydrogen-bond donors (Lipinski definition) is 1. The maximum absolute atomic E-state index is 12.0. The second kappa shape index (κ2) is 10.7. The van der Waals surface area contributed by atoms with Crippen molar-refractivity contribution >= 4 is 23.3 Å². The Morgan fingerprint density at radius 2 is 1.52 bits per heavy atom. The first-order valence-electron chi connectivity index (χ1n) is 8.83. The number of ketones is 1. The highest BCUT2D eigenvalue weighted by molar-refractivity contribution is 5.94. The highest BCUT2D eigenvalue weighted by Gasteiger charge is 2.10. The fourth-order valence-corrected chi connectivity index (χ4v) is 2.33. The summed E-state index contributed by atoms with van der Waals surface area (Å²) in [6, 6.07) is 11.5. The fourth-order valence-electron chi connectivity index (χ4n) is 2.33. The van der Waals surface area contributed by atoms with Crippen LogP contribution in [0.25, 0.3) is 0 Å². The van der Waals surface area contributed by atoms with E-state index < -0.39 is 18.5 Å². The normalized spacial score (nSPS) is 10.0. The summed E-state index contributed by atoms with van der Waals surface area (Å²) in [5.74, 6) is 0.478. The molecule has 0 saturated heterocycles. The number of benzene rings is 2. The molecule has 2 rings (SSSR count). The van der Waals surface area contributed by atoms with E-state index in [0.717, 1.165) is 0 Å². The number of methoxy groups -OCH3 is 2. The maximum atomic E-state index is 12.0. The average molecular weight is 401 g/mol. The molecule has 0 aliphatic heterocycles. The highest BCUT2D eigenvalue weighted by Crippen LogP contribution is 2.25. The zero-order valence-corrected chi connectivity index (χ0v) is 16.5. The molecule has 0 heterocycles. The minimum atomic E-state index is -0.566. The second-order valence-corrected chi connectivity index (χ2v) is 5.99. The Morgan fingerprint density at radius 3 is 2.07 bits per heavy atom. The summed E-state index contributed by atoms with van der Waals surface area (Å²) in [7, 11) is 3.00. The number of carbonyl (C=O) groups excluding carboxylic acids is 3. The molecule has 2 aromatic carbocycles. The Bertz CT molecular complexity index is 840. The van der Waals surface area contributed by atoms with Gasteiger partial charge in [0.15, 0.2) is 12.4 Å². The number of amides is 1. The van der Waals surface area contributed by atoms with Crippen molar-refractivity contribution in [2.45, 2.75) is 13.3 Å². The Balaban J connectivity index is 1.73. The van der Waals surface area contributed by atoms with Crippen molar-refractivity contribution in [3.8, 4) is 17.2 Å². The molecule has 0 unspecified atom stereocenters. The van der Waals surface area contributed by atoms with Crippen LogP contribution in [0.3, 0.4) is 0 Å². The van der Waals surface area contributed by atoms with Crippen LogP contribution >= 0.6 is 0 Å². The van der Waals surface area contributed by atoms with Crippen molar-refractivity contribution in [1.82, 2.24) is 0 Å². The lowest BCUT2D eigenvalue weighted by molar-refractivity contribution is -0.147. The van der Waals surface area contributed by atoms with Crippen molar-refractivity contribution in [2.24, 2.45) is 0 Å². The van der Waals surface area contributed by atoms with Crippen LogP contribution in [-0.2, 0) is 14.3 Å². The van der Waals surface area contributed by atoms with Crippen LogP contribution in [-0.4, -0.2) is 45.1 Å². The number of nitrogens with one attached hydrogen (secondary N) is 1. The molecule has 0 aliphatic carbocycles. The van der Waals surface area contributed by atoms with Gasteiger partial charge in [-0.05, 0) is 31.2 Å². The minimum Gasteiger partial charge on any atom is -0.497 e. The van der Waals surface area contributed by atoms with Crippen LogP contribution in [0.5, 0.6) is 17.2 Å². The van der Waals surface area contributed by atoms with E-state index in [1.807, 2.05) is 0 Å². The largest absolute Gasteiger partial charge is 0.497 e. The van der Waals surface area contributed by atoms with Crippen LogP contribution in [0, 0.1) is 0 Å². The van der Waals surface area contributed by atoms with E-state index in [0.29, 0.717) is 28.5 Å². The van der Waals surface area contributed by atoms with Gasteiger partial charge in [-0.2, -0.15) is 0 Å². The van der Waals surface area contributed by atoms with Gasteiger partial charge in [-0.25, -0.2) is 0 Å². The zero-order valence-electron chi connectivity index (χ0n) is 16.5. The molecular formula is C21H23NO7. The summed E-state index contributed by atoms with van der Waals surface area (Å²) < 4.78 is 20.6. The third-order valence-corrected chi connectivity index (χ3v) is 3.84. The van der Waals surface area contributed by atoms with Crippen LogP contribution in [0.15, 0.2) is 42.5 Å². The molecule has 0 fully saturated rings. The first kappa shape index (κ1) is 21.7.